The number of carbonyl (C=O) groups excluding carboxylic acids is 1. The Morgan fingerprint density at radius 3 is 2.95 bits per heavy atom. The summed E-state index contributed by atoms with van der Waals surface area (Å²) >= 11 is 1.74. The lowest BCUT2D eigenvalue weighted by atomic mass is 9.97. The van der Waals surface area contributed by atoms with E-state index in [2.05, 4.69) is 15.1 Å². The Hall–Kier alpha value is -2.28. The van der Waals surface area contributed by atoms with E-state index >= 15 is 0 Å². The van der Waals surface area contributed by atoms with Gasteiger partial charge in [0, 0.05) is 4.88 Å². The largest absolute Gasteiger partial charge is 0.545 e. The molecule has 112 valence electrons. The number of rotatable bonds is 2. The molecule has 0 spiro atoms. The molecule has 0 atom stereocenters. The van der Waals surface area contributed by atoms with Gasteiger partial charge in [-0.25, -0.2) is 9.97 Å². The van der Waals surface area contributed by atoms with E-state index in [4.69, 9.17) is 0 Å². The summed E-state index contributed by atoms with van der Waals surface area (Å²) in [5.41, 5.74) is 2.10. The van der Waals surface area contributed by atoms with Crippen LogP contribution in [0.25, 0.3) is 21.9 Å². The molecule has 0 N–H and O–H groups in total. The second kappa shape index (κ2) is 4.88. The highest BCUT2D eigenvalue weighted by atomic mass is 32.1. The maximum absolute atomic E-state index is 10.5. The number of fused-ring (bicyclic) bond motifs is 5. The first-order chi connectivity index (χ1) is 10.6. The highest BCUT2D eigenvalue weighted by Gasteiger charge is 2.21. The molecule has 1 aliphatic carbocycles. The van der Waals surface area contributed by atoms with Gasteiger partial charge in [-0.1, -0.05) is 0 Å². The molecule has 0 radical (unpaired) electrons. The Bertz CT molecular complexity index is 938. The zero-order chi connectivity index (χ0) is 15.3. The standard InChI is InChI=1S/C15H14N4O2S/c1-8-16-15-13(9-4-2-3-5-10(9)22-15)14-17-11(18-19(8)14)6-7-12(20)21/h6-7H,2-5H2,1H3,(H,20,21)/p-1/b7-6-. The number of thiophene rings is 1. The van der Waals surface area contributed by atoms with Crippen molar-refractivity contribution >= 4 is 39.2 Å². The highest BCUT2D eigenvalue weighted by molar-refractivity contribution is 7.19. The van der Waals surface area contributed by atoms with Crippen molar-refractivity contribution in [3.05, 3.63) is 28.2 Å². The second-order valence-electron chi connectivity index (χ2n) is 5.41. The molecule has 22 heavy (non-hydrogen) atoms. The first kappa shape index (κ1) is 13.4. The van der Waals surface area contributed by atoms with Crippen molar-refractivity contribution in [3.8, 4) is 0 Å². The summed E-state index contributed by atoms with van der Waals surface area (Å²) in [6, 6.07) is 0. The minimum atomic E-state index is -1.26. The third kappa shape index (κ3) is 2.00. The van der Waals surface area contributed by atoms with Crippen molar-refractivity contribution in [2.75, 3.05) is 0 Å². The lowest BCUT2D eigenvalue weighted by molar-refractivity contribution is -0.297. The summed E-state index contributed by atoms with van der Waals surface area (Å²) in [6.45, 7) is 1.88. The quantitative estimate of drug-likeness (QED) is 0.666. The van der Waals surface area contributed by atoms with Gasteiger partial charge >= 0.3 is 0 Å². The Kier molecular flexibility index (Phi) is 2.97. The predicted octanol–water partition coefficient (Wildman–Crippen LogP) is 1.29. The van der Waals surface area contributed by atoms with Crippen molar-refractivity contribution in [2.45, 2.75) is 32.6 Å². The van der Waals surface area contributed by atoms with Crippen LogP contribution in [0.2, 0.25) is 0 Å². The lowest BCUT2D eigenvalue weighted by Gasteiger charge is -2.10. The van der Waals surface area contributed by atoms with Crippen LogP contribution in [0.1, 0.15) is 34.9 Å². The van der Waals surface area contributed by atoms with Gasteiger partial charge in [-0.2, -0.15) is 4.52 Å². The van der Waals surface area contributed by atoms with Crippen molar-refractivity contribution in [1.29, 1.82) is 0 Å². The van der Waals surface area contributed by atoms with Crippen LogP contribution in [0.3, 0.4) is 0 Å². The molecule has 0 aromatic carbocycles. The van der Waals surface area contributed by atoms with E-state index in [0.717, 1.165) is 40.6 Å². The third-order valence-corrected chi connectivity index (χ3v) is 5.12. The summed E-state index contributed by atoms with van der Waals surface area (Å²) in [4.78, 5) is 22.1. The molecule has 3 heterocycles. The van der Waals surface area contributed by atoms with E-state index in [0.29, 0.717) is 5.82 Å². The summed E-state index contributed by atoms with van der Waals surface area (Å²) in [7, 11) is 0. The van der Waals surface area contributed by atoms with Crippen LogP contribution in [-0.2, 0) is 17.6 Å². The maximum Gasteiger partial charge on any atom is 0.175 e. The number of nitrogens with zero attached hydrogens (tertiary/aromatic N) is 4. The number of aryl methyl sites for hydroxylation is 3. The van der Waals surface area contributed by atoms with E-state index in [1.165, 1.54) is 29.4 Å². The Morgan fingerprint density at radius 2 is 2.14 bits per heavy atom. The zero-order valence-electron chi connectivity index (χ0n) is 12.0. The summed E-state index contributed by atoms with van der Waals surface area (Å²) in [6.07, 6.45) is 6.86. The van der Waals surface area contributed by atoms with E-state index < -0.39 is 5.97 Å². The number of aromatic nitrogens is 4. The molecular weight excluding hydrogens is 300 g/mol. The molecule has 7 heteroatoms. The minimum Gasteiger partial charge on any atom is -0.545 e. The molecule has 0 aliphatic heterocycles. The number of hydrogen-bond donors (Lipinski definition) is 0. The van der Waals surface area contributed by atoms with E-state index in [9.17, 15) is 9.90 Å². The topological polar surface area (TPSA) is 83.2 Å². The number of carboxylic acids is 1. The van der Waals surface area contributed by atoms with Crippen molar-refractivity contribution in [3.63, 3.8) is 0 Å². The van der Waals surface area contributed by atoms with Crippen LogP contribution in [0.4, 0.5) is 0 Å². The fraction of sp³-hybridized carbons (Fsp3) is 0.333. The van der Waals surface area contributed by atoms with Crippen LogP contribution in [-0.4, -0.2) is 25.6 Å². The fourth-order valence-electron chi connectivity index (χ4n) is 2.98. The molecule has 0 saturated carbocycles. The van der Waals surface area contributed by atoms with Crippen LogP contribution >= 0.6 is 11.3 Å². The molecule has 6 nitrogen and oxygen atoms in total. The van der Waals surface area contributed by atoms with Gasteiger partial charge in [-0.3, -0.25) is 0 Å². The molecule has 1 aliphatic rings. The molecule has 0 fully saturated rings. The number of hydrogen-bond acceptors (Lipinski definition) is 6. The normalized spacial score (nSPS) is 15.0. The molecule has 3 aromatic heterocycles. The third-order valence-electron chi connectivity index (χ3n) is 3.94. The predicted molar refractivity (Wildman–Crippen MR) is 81.6 cm³/mol. The van der Waals surface area contributed by atoms with Crippen molar-refractivity contribution in [2.24, 2.45) is 0 Å². The van der Waals surface area contributed by atoms with Gasteiger partial charge < -0.3 is 9.90 Å². The monoisotopic (exact) mass is 313 g/mol. The lowest BCUT2D eigenvalue weighted by Crippen LogP contribution is -2.18. The van der Waals surface area contributed by atoms with Crippen LogP contribution in [0.15, 0.2) is 6.08 Å². The average Bonchev–Trinajstić information content (AvgIpc) is 3.05. The Morgan fingerprint density at radius 1 is 1.32 bits per heavy atom. The second-order valence-corrected chi connectivity index (χ2v) is 6.49. The number of carboxylic acid groups (broad SMARTS) is 1. The highest BCUT2D eigenvalue weighted by Crippen LogP contribution is 2.37. The number of carbonyl (C=O) groups is 1. The summed E-state index contributed by atoms with van der Waals surface area (Å²) < 4.78 is 1.69. The van der Waals surface area contributed by atoms with Gasteiger partial charge in [-0.15, -0.1) is 16.4 Å². The van der Waals surface area contributed by atoms with Crippen LogP contribution in [0, 0.1) is 6.92 Å². The molecular formula is C15H13N4O2S-. The van der Waals surface area contributed by atoms with E-state index in [-0.39, 0.29) is 0 Å². The molecule has 0 unspecified atom stereocenters. The molecule has 0 saturated heterocycles. The Balaban J connectivity index is 2.00. The first-order valence-corrected chi connectivity index (χ1v) is 8.02. The van der Waals surface area contributed by atoms with E-state index in [1.807, 2.05) is 6.92 Å². The zero-order valence-corrected chi connectivity index (χ0v) is 12.8. The molecule has 4 rings (SSSR count). The van der Waals surface area contributed by atoms with Gasteiger partial charge in [0.05, 0.1) is 11.4 Å². The van der Waals surface area contributed by atoms with E-state index in [1.54, 1.807) is 15.9 Å². The van der Waals surface area contributed by atoms with Crippen molar-refractivity contribution in [1.82, 2.24) is 19.6 Å². The van der Waals surface area contributed by atoms with Crippen molar-refractivity contribution < 1.29 is 9.90 Å². The van der Waals surface area contributed by atoms with Gasteiger partial charge in [0.15, 0.2) is 11.5 Å². The van der Waals surface area contributed by atoms with Gasteiger partial charge in [0.25, 0.3) is 0 Å². The fourth-order valence-corrected chi connectivity index (χ4v) is 4.29. The molecule has 3 aromatic rings. The first-order valence-electron chi connectivity index (χ1n) is 7.20. The Labute approximate surface area is 130 Å². The molecule has 0 bridgehead atoms. The summed E-state index contributed by atoms with van der Waals surface area (Å²) in [5, 5.41) is 16.0. The minimum absolute atomic E-state index is 0.359. The summed E-state index contributed by atoms with van der Waals surface area (Å²) in [5.74, 6) is -0.147. The SMILES string of the molecule is Cc1nc2sc3c(c2c2nc(/C=C\C(=O)[O-])nn12)CCCC3. The van der Waals surface area contributed by atoms with Gasteiger partial charge in [-0.05, 0) is 50.3 Å². The van der Waals surface area contributed by atoms with Crippen LogP contribution < -0.4 is 5.11 Å². The average molecular weight is 313 g/mol. The molecule has 0 amide bonds. The smallest absolute Gasteiger partial charge is 0.175 e. The number of aliphatic carboxylic acids is 1. The maximum atomic E-state index is 10.5. The van der Waals surface area contributed by atoms with Gasteiger partial charge in [0.2, 0.25) is 0 Å². The van der Waals surface area contributed by atoms with Gasteiger partial charge in [0.1, 0.15) is 10.7 Å². The van der Waals surface area contributed by atoms with Crippen LogP contribution in [0.5, 0.6) is 0 Å².